The lowest BCUT2D eigenvalue weighted by atomic mass is 10.0. The molecule has 26 heavy (non-hydrogen) atoms. The molecule has 0 aliphatic carbocycles. The van der Waals surface area contributed by atoms with Crippen molar-refractivity contribution < 1.29 is 4.79 Å². The van der Waals surface area contributed by atoms with Gasteiger partial charge in [-0.3, -0.25) is 14.5 Å². The smallest absolute Gasteiger partial charge is 0.263 e. The highest BCUT2D eigenvalue weighted by molar-refractivity contribution is 6.30. The zero-order chi connectivity index (χ0) is 18.5. The van der Waals surface area contributed by atoms with Gasteiger partial charge in [0.05, 0.1) is 6.04 Å². The molecule has 0 radical (unpaired) electrons. The lowest BCUT2D eigenvalue weighted by Gasteiger charge is -2.35. The Balaban J connectivity index is 1.75. The minimum atomic E-state index is -0.420. The molecular formula is C19H23ClN4O2. The van der Waals surface area contributed by atoms with Crippen LogP contribution in [0.3, 0.4) is 0 Å². The van der Waals surface area contributed by atoms with Crippen LogP contribution in [0.2, 0.25) is 5.02 Å². The third kappa shape index (κ3) is 4.51. The minimum Gasteiger partial charge on any atom is -0.350 e. The van der Waals surface area contributed by atoms with Crippen LogP contribution in [0, 0.1) is 6.92 Å². The average molecular weight is 375 g/mol. The molecule has 0 saturated carbocycles. The van der Waals surface area contributed by atoms with Crippen LogP contribution in [0.4, 0.5) is 0 Å². The van der Waals surface area contributed by atoms with Crippen molar-refractivity contribution in [1.82, 2.24) is 20.2 Å². The molecule has 1 aliphatic rings. The number of amides is 1. The van der Waals surface area contributed by atoms with Gasteiger partial charge in [-0.2, -0.15) is 0 Å². The van der Waals surface area contributed by atoms with Crippen LogP contribution in [0.1, 0.15) is 47.1 Å². The number of aryl methyl sites for hydroxylation is 1. The monoisotopic (exact) mass is 374 g/mol. The van der Waals surface area contributed by atoms with Crippen LogP contribution in [0.25, 0.3) is 0 Å². The van der Waals surface area contributed by atoms with Gasteiger partial charge in [0.25, 0.3) is 11.5 Å². The molecule has 138 valence electrons. The second-order valence-electron chi connectivity index (χ2n) is 6.59. The number of aromatic amines is 1. The van der Waals surface area contributed by atoms with Crippen molar-refractivity contribution in [2.24, 2.45) is 0 Å². The summed E-state index contributed by atoms with van der Waals surface area (Å²) in [5.74, 6) is 0.0774. The van der Waals surface area contributed by atoms with Gasteiger partial charge in [-0.15, -0.1) is 0 Å². The van der Waals surface area contributed by atoms with E-state index in [1.165, 1.54) is 12.6 Å². The summed E-state index contributed by atoms with van der Waals surface area (Å²) in [5, 5.41) is 3.58. The lowest BCUT2D eigenvalue weighted by molar-refractivity contribution is 0.0922. The number of carbonyl (C=O) groups is 1. The van der Waals surface area contributed by atoms with Crippen molar-refractivity contribution in [3.05, 3.63) is 62.8 Å². The van der Waals surface area contributed by atoms with E-state index < -0.39 is 11.5 Å². The average Bonchev–Trinajstić information content (AvgIpc) is 2.64. The van der Waals surface area contributed by atoms with Crippen molar-refractivity contribution >= 4 is 17.5 Å². The van der Waals surface area contributed by atoms with E-state index in [1.54, 1.807) is 6.92 Å². The van der Waals surface area contributed by atoms with E-state index in [-0.39, 0.29) is 11.6 Å². The van der Waals surface area contributed by atoms with Gasteiger partial charge in [0.1, 0.15) is 11.4 Å². The number of aromatic nitrogens is 2. The van der Waals surface area contributed by atoms with Gasteiger partial charge in [-0.1, -0.05) is 30.2 Å². The molecule has 1 amide bonds. The van der Waals surface area contributed by atoms with Gasteiger partial charge in [0.2, 0.25) is 0 Å². The highest BCUT2D eigenvalue weighted by Gasteiger charge is 2.23. The number of halogens is 1. The fraction of sp³-hybridized carbons (Fsp3) is 0.421. The molecule has 1 unspecified atom stereocenters. The van der Waals surface area contributed by atoms with Gasteiger partial charge in [-0.05, 0) is 50.6 Å². The Morgan fingerprint density at radius 2 is 1.96 bits per heavy atom. The molecule has 2 aromatic rings. The van der Waals surface area contributed by atoms with E-state index >= 15 is 0 Å². The largest absolute Gasteiger partial charge is 0.350 e. The van der Waals surface area contributed by atoms with Crippen LogP contribution in [-0.4, -0.2) is 40.4 Å². The first-order chi connectivity index (χ1) is 12.5. The van der Waals surface area contributed by atoms with Crippen LogP contribution < -0.4 is 10.9 Å². The Kier molecular flexibility index (Phi) is 6.06. The van der Waals surface area contributed by atoms with Crippen molar-refractivity contribution in [2.75, 3.05) is 19.6 Å². The summed E-state index contributed by atoms with van der Waals surface area (Å²) < 4.78 is 0. The SMILES string of the molecule is Cc1ncc(C(=O)NCC(c2ccc(Cl)cc2)N2CCCCC2)c(=O)[nH]1. The standard InChI is InChI=1S/C19H23ClN4O2/c1-13-21-11-16(19(26)23-13)18(25)22-12-17(24-9-3-2-4-10-24)14-5-7-15(20)8-6-14/h5-8,11,17H,2-4,9-10,12H2,1H3,(H,22,25)(H,21,23,26). The number of rotatable bonds is 5. The second-order valence-corrected chi connectivity index (χ2v) is 7.02. The highest BCUT2D eigenvalue weighted by atomic mass is 35.5. The Labute approximate surface area is 157 Å². The molecule has 2 heterocycles. The van der Waals surface area contributed by atoms with E-state index in [0.29, 0.717) is 17.4 Å². The van der Waals surface area contributed by atoms with Crippen LogP contribution >= 0.6 is 11.6 Å². The highest BCUT2D eigenvalue weighted by Crippen LogP contribution is 2.25. The Bertz CT molecular complexity index is 813. The third-order valence-electron chi connectivity index (χ3n) is 4.71. The number of carbonyl (C=O) groups excluding carboxylic acids is 1. The lowest BCUT2D eigenvalue weighted by Crippen LogP contribution is -2.41. The normalized spacial score (nSPS) is 16.2. The molecule has 7 heteroatoms. The molecular weight excluding hydrogens is 352 g/mol. The maximum atomic E-state index is 12.4. The van der Waals surface area contributed by atoms with E-state index in [4.69, 9.17) is 11.6 Å². The molecule has 2 N–H and O–H groups in total. The van der Waals surface area contributed by atoms with Gasteiger partial charge < -0.3 is 10.3 Å². The van der Waals surface area contributed by atoms with Crippen molar-refractivity contribution in [3.63, 3.8) is 0 Å². The number of piperidine rings is 1. The molecule has 1 aromatic carbocycles. The third-order valence-corrected chi connectivity index (χ3v) is 4.97. The quantitative estimate of drug-likeness (QED) is 0.843. The number of hydrogen-bond acceptors (Lipinski definition) is 4. The number of likely N-dealkylation sites (tertiary alicyclic amines) is 1. The topological polar surface area (TPSA) is 78.1 Å². The molecule has 3 rings (SSSR count). The molecule has 1 aliphatic heterocycles. The summed E-state index contributed by atoms with van der Waals surface area (Å²) in [6.45, 7) is 4.09. The molecule has 1 saturated heterocycles. The molecule has 1 aromatic heterocycles. The Hall–Kier alpha value is -2.18. The second kappa shape index (κ2) is 8.47. The summed E-state index contributed by atoms with van der Waals surface area (Å²) in [6.07, 6.45) is 4.86. The number of hydrogen-bond donors (Lipinski definition) is 2. The molecule has 0 bridgehead atoms. The molecule has 1 atom stereocenters. The van der Waals surface area contributed by atoms with Gasteiger partial charge >= 0.3 is 0 Å². The van der Waals surface area contributed by atoms with E-state index in [0.717, 1.165) is 31.5 Å². The maximum Gasteiger partial charge on any atom is 0.263 e. The zero-order valence-corrected chi connectivity index (χ0v) is 15.6. The first-order valence-corrected chi connectivity index (χ1v) is 9.26. The first kappa shape index (κ1) is 18.6. The fourth-order valence-electron chi connectivity index (χ4n) is 3.30. The molecule has 0 spiro atoms. The first-order valence-electron chi connectivity index (χ1n) is 8.88. The number of nitrogens with one attached hydrogen (secondary N) is 2. The molecule has 6 nitrogen and oxygen atoms in total. The summed E-state index contributed by atoms with van der Waals surface area (Å²) in [4.78, 5) is 33.3. The van der Waals surface area contributed by atoms with E-state index in [1.807, 2.05) is 24.3 Å². The van der Waals surface area contributed by atoms with Crippen LogP contribution in [0.5, 0.6) is 0 Å². The predicted molar refractivity (Wildman–Crippen MR) is 102 cm³/mol. The van der Waals surface area contributed by atoms with Crippen molar-refractivity contribution in [3.8, 4) is 0 Å². The predicted octanol–water partition coefficient (Wildman–Crippen LogP) is 2.69. The fourth-order valence-corrected chi connectivity index (χ4v) is 3.43. The van der Waals surface area contributed by atoms with Crippen LogP contribution in [-0.2, 0) is 0 Å². The summed E-state index contributed by atoms with van der Waals surface area (Å²) in [7, 11) is 0. The van der Waals surface area contributed by atoms with E-state index in [2.05, 4.69) is 20.2 Å². The maximum absolute atomic E-state index is 12.4. The van der Waals surface area contributed by atoms with Gasteiger partial charge in [0.15, 0.2) is 0 Å². The van der Waals surface area contributed by atoms with E-state index in [9.17, 15) is 9.59 Å². The molecule has 1 fully saturated rings. The van der Waals surface area contributed by atoms with Crippen molar-refractivity contribution in [1.29, 1.82) is 0 Å². The summed E-state index contributed by atoms with van der Waals surface area (Å²) >= 11 is 6.01. The van der Waals surface area contributed by atoms with Gasteiger partial charge in [0, 0.05) is 17.8 Å². The number of benzene rings is 1. The minimum absolute atomic E-state index is 0.0316. The Morgan fingerprint density at radius 3 is 2.62 bits per heavy atom. The van der Waals surface area contributed by atoms with Crippen LogP contribution in [0.15, 0.2) is 35.3 Å². The van der Waals surface area contributed by atoms with Crippen molar-refractivity contribution in [2.45, 2.75) is 32.2 Å². The zero-order valence-electron chi connectivity index (χ0n) is 14.8. The summed E-state index contributed by atoms with van der Waals surface area (Å²) in [6, 6.07) is 7.77. The van der Waals surface area contributed by atoms with Gasteiger partial charge in [-0.25, -0.2) is 4.98 Å². The Morgan fingerprint density at radius 1 is 1.27 bits per heavy atom. The number of H-pyrrole nitrogens is 1. The number of nitrogens with zero attached hydrogens (tertiary/aromatic N) is 2. The summed E-state index contributed by atoms with van der Waals surface area (Å²) in [5.41, 5.74) is 0.715.